The van der Waals surface area contributed by atoms with E-state index in [2.05, 4.69) is 20.5 Å². The van der Waals surface area contributed by atoms with Gasteiger partial charge in [-0.3, -0.25) is 19.1 Å². The molecule has 2 aromatic carbocycles. The lowest BCUT2D eigenvalue weighted by Gasteiger charge is -2.13. The summed E-state index contributed by atoms with van der Waals surface area (Å²) >= 11 is 1.15. The number of hydrogen-bond donors (Lipinski definition) is 1. The van der Waals surface area contributed by atoms with Crippen molar-refractivity contribution in [2.75, 3.05) is 12.9 Å². The average molecular weight is 446 g/mol. The number of para-hydroxylation sites is 1. The molecule has 160 valence electrons. The first-order valence-corrected chi connectivity index (χ1v) is 10.7. The lowest BCUT2D eigenvalue weighted by Crippen LogP contribution is -2.24. The predicted octanol–water partition coefficient (Wildman–Crippen LogP) is 3.03. The number of methoxy groups -OCH3 is 1. The molecule has 0 aliphatic rings. The van der Waals surface area contributed by atoms with Crippen molar-refractivity contribution in [3.8, 4) is 11.4 Å². The smallest absolute Gasteiger partial charge is 0.266 e. The molecule has 9 heteroatoms. The monoisotopic (exact) mass is 445 g/mol. The Morgan fingerprint density at radius 3 is 2.66 bits per heavy atom. The normalized spacial score (nSPS) is 11.0. The van der Waals surface area contributed by atoms with Gasteiger partial charge < -0.3 is 4.74 Å². The Labute approximate surface area is 188 Å². The van der Waals surface area contributed by atoms with E-state index in [-0.39, 0.29) is 17.2 Å². The van der Waals surface area contributed by atoms with Gasteiger partial charge in [-0.2, -0.15) is 5.10 Å². The zero-order valence-corrected chi connectivity index (χ0v) is 18.0. The zero-order valence-electron chi connectivity index (χ0n) is 17.1. The highest BCUT2D eigenvalue weighted by molar-refractivity contribution is 7.99. The number of fused-ring (bicyclic) bond motifs is 1. The van der Waals surface area contributed by atoms with Crippen LogP contribution < -0.4 is 15.7 Å². The molecule has 0 bridgehead atoms. The van der Waals surface area contributed by atoms with E-state index >= 15 is 0 Å². The molecule has 1 amide bonds. The van der Waals surface area contributed by atoms with Crippen LogP contribution in [0.3, 0.4) is 0 Å². The molecule has 1 N–H and O–H groups in total. The highest BCUT2D eigenvalue weighted by Crippen LogP contribution is 2.22. The molecule has 8 nitrogen and oxygen atoms in total. The van der Waals surface area contributed by atoms with E-state index in [1.807, 2.05) is 12.1 Å². The summed E-state index contributed by atoms with van der Waals surface area (Å²) in [7, 11) is 1.58. The van der Waals surface area contributed by atoms with Crippen LogP contribution in [0.15, 0.2) is 88.0 Å². The largest absolute Gasteiger partial charge is 0.497 e. The molecule has 0 radical (unpaired) electrons. The van der Waals surface area contributed by atoms with E-state index < -0.39 is 0 Å². The van der Waals surface area contributed by atoms with E-state index in [4.69, 9.17) is 4.74 Å². The minimum Gasteiger partial charge on any atom is -0.497 e. The van der Waals surface area contributed by atoms with Gasteiger partial charge in [-0.25, -0.2) is 10.4 Å². The molecular formula is C23H19N5O3S. The van der Waals surface area contributed by atoms with Gasteiger partial charge in [0.1, 0.15) is 5.75 Å². The molecule has 0 atom stereocenters. The highest BCUT2D eigenvalue weighted by atomic mass is 32.2. The van der Waals surface area contributed by atoms with Crippen molar-refractivity contribution in [1.82, 2.24) is 20.0 Å². The maximum Gasteiger partial charge on any atom is 0.266 e. The molecule has 0 aliphatic carbocycles. The summed E-state index contributed by atoms with van der Waals surface area (Å²) in [5, 5.41) is 4.82. The van der Waals surface area contributed by atoms with Gasteiger partial charge in [0.2, 0.25) is 0 Å². The summed E-state index contributed by atoms with van der Waals surface area (Å²) in [6.45, 7) is 0. The molecule has 0 saturated carbocycles. The van der Waals surface area contributed by atoms with Crippen LogP contribution in [0.4, 0.5) is 0 Å². The molecule has 0 fully saturated rings. The van der Waals surface area contributed by atoms with Crippen molar-refractivity contribution < 1.29 is 9.53 Å². The second-order valence-corrected chi connectivity index (χ2v) is 7.53. The van der Waals surface area contributed by atoms with Gasteiger partial charge >= 0.3 is 0 Å². The first-order chi connectivity index (χ1) is 15.7. The summed E-state index contributed by atoms with van der Waals surface area (Å²) in [6, 6.07) is 19.6. The number of hydrogen-bond acceptors (Lipinski definition) is 7. The lowest BCUT2D eigenvalue weighted by atomic mass is 10.2. The van der Waals surface area contributed by atoms with Crippen LogP contribution in [-0.2, 0) is 4.79 Å². The van der Waals surface area contributed by atoms with Crippen LogP contribution in [0.5, 0.6) is 5.75 Å². The molecule has 2 heterocycles. The minimum absolute atomic E-state index is 0.0283. The van der Waals surface area contributed by atoms with E-state index in [1.165, 1.54) is 10.8 Å². The molecule has 4 aromatic rings. The molecule has 0 spiro atoms. The summed E-state index contributed by atoms with van der Waals surface area (Å²) in [5.41, 5.74) is 4.08. The van der Waals surface area contributed by atoms with Gasteiger partial charge in [-0.1, -0.05) is 30.0 Å². The van der Waals surface area contributed by atoms with Crippen LogP contribution in [0.1, 0.15) is 5.69 Å². The number of ether oxygens (including phenoxy) is 1. The second-order valence-electron chi connectivity index (χ2n) is 6.59. The molecule has 0 aliphatic heterocycles. The highest BCUT2D eigenvalue weighted by Gasteiger charge is 2.14. The number of aromatic nitrogens is 3. The average Bonchev–Trinajstić information content (AvgIpc) is 2.84. The number of amides is 1. The van der Waals surface area contributed by atoms with Gasteiger partial charge in [0.25, 0.3) is 11.5 Å². The maximum atomic E-state index is 13.2. The fourth-order valence-corrected chi connectivity index (χ4v) is 3.76. The van der Waals surface area contributed by atoms with Crippen molar-refractivity contribution in [3.05, 3.63) is 89.0 Å². The first kappa shape index (κ1) is 21.3. The van der Waals surface area contributed by atoms with Crippen molar-refractivity contribution >= 4 is 34.8 Å². The SMILES string of the molecule is COc1ccc(-n2c(SCC(=O)N/N=C/c3ccccn3)nc3ccccc3c2=O)cc1. The van der Waals surface area contributed by atoms with E-state index in [0.29, 0.717) is 33.2 Å². The maximum absolute atomic E-state index is 13.2. The Morgan fingerprint density at radius 1 is 1.12 bits per heavy atom. The third-order valence-electron chi connectivity index (χ3n) is 4.48. The van der Waals surface area contributed by atoms with Gasteiger partial charge in [-0.05, 0) is 48.5 Å². The van der Waals surface area contributed by atoms with Crippen molar-refractivity contribution in [3.63, 3.8) is 0 Å². The number of thioether (sulfide) groups is 1. The van der Waals surface area contributed by atoms with E-state index in [9.17, 15) is 9.59 Å². The van der Waals surface area contributed by atoms with Crippen molar-refractivity contribution in [2.45, 2.75) is 5.16 Å². The Morgan fingerprint density at radius 2 is 1.91 bits per heavy atom. The Balaban J connectivity index is 1.58. The third-order valence-corrected chi connectivity index (χ3v) is 5.42. The fraction of sp³-hybridized carbons (Fsp3) is 0.0870. The standard InChI is InChI=1S/C23H19N5O3S/c1-31-18-11-9-17(10-12-18)28-22(30)19-7-2-3-8-20(19)26-23(28)32-15-21(29)27-25-14-16-6-4-5-13-24-16/h2-14H,15H2,1H3,(H,27,29)/b25-14+. The second kappa shape index (κ2) is 9.88. The molecule has 2 aromatic heterocycles. The Bertz CT molecular complexity index is 1320. The predicted molar refractivity (Wildman–Crippen MR) is 125 cm³/mol. The summed E-state index contributed by atoms with van der Waals surface area (Å²) < 4.78 is 6.70. The topological polar surface area (TPSA) is 98.5 Å². The number of nitrogens with one attached hydrogen (secondary N) is 1. The molecule has 32 heavy (non-hydrogen) atoms. The third kappa shape index (κ3) is 4.84. The number of hydrazone groups is 1. The Kier molecular flexibility index (Phi) is 6.57. The lowest BCUT2D eigenvalue weighted by molar-refractivity contribution is -0.118. The van der Waals surface area contributed by atoms with Crippen LogP contribution in [0.2, 0.25) is 0 Å². The quantitative estimate of drug-likeness (QED) is 0.203. The van der Waals surface area contributed by atoms with Gasteiger partial charge in [0.15, 0.2) is 5.16 Å². The van der Waals surface area contributed by atoms with Gasteiger partial charge in [-0.15, -0.1) is 0 Å². The molecule has 4 rings (SSSR count). The molecule has 0 saturated heterocycles. The summed E-state index contributed by atoms with van der Waals surface area (Å²) in [6.07, 6.45) is 3.10. The van der Waals surface area contributed by atoms with E-state index in [0.717, 1.165) is 11.8 Å². The van der Waals surface area contributed by atoms with Crippen LogP contribution in [0.25, 0.3) is 16.6 Å². The van der Waals surface area contributed by atoms with Crippen LogP contribution >= 0.6 is 11.8 Å². The number of rotatable bonds is 7. The molecule has 0 unspecified atom stereocenters. The minimum atomic E-state index is -0.328. The first-order valence-electron chi connectivity index (χ1n) is 9.67. The molecular weight excluding hydrogens is 426 g/mol. The number of pyridine rings is 1. The van der Waals surface area contributed by atoms with Crippen LogP contribution in [0, 0.1) is 0 Å². The fourth-order valence-electron chi connectivity index (χ4n) is 2.95. The number of nitrogens with zero attached hydrogens (tertiary/aromatic N) is 4. The summed E-state index contributed by atoms with van der Waals surface area (Å²) in [5.74, 6) is 0.376. The number of carbonyl (C=O) groups is 1. The number of carbonyl (C=O) groups excluding carboxylic acids is 1. The number of benzene rings is 2. The van der Waals surface area contributed by atoms with Crippen molar-refractivity contribution in [1.29, 1.82) is 0 Å². The Hall–Kier alpha value is -3.98. The summed E-state index contributed by atoms with van der Waals surface area (Å²) in [4.78, 5) is 34.2. The van der Waals surface area contributed by atoms with Gasteiger partial charge in [0.05, 0.1) is 41.4 Å². The van der Waals surface area contributed by atoms with Crippen molar-refractivity contribution in [2.24, 2.45) is 5.10 Å². The van der Waals surface area contributed by atoms with Gasteiger partial charge in [0, 0.05) is 6.20 Å². The van der Waals surface area contributed by atoms with Crippen LogP contribution in [-0.4, -0.2) is 39.5 Å². The van der Waals surface area contributed by atoms with E-state index in [1.54, 1.807) is 67.9 Å². The zero-order chi connectivity index (χ0) is 22.3.